The van der Waals surface area contributed by atoms with Crippen LogP contribution in [0.5, 0.6) is 0 Å². The largest absolute Gasteiger partial charge is 0.379 e. The average Bonchev–Trinajstić information content (AvgIpc) is 2.15. The summed E-state index contributed by atoms with van der Waals surface area (Å²) in [6.07, 6.45) is 5.48. The molecular weight excluding hydrogens is 176 g/mol. The van der Waals surface area contributed by atoms with Crippen LogP contribution in [0.25, 0.3) is 0 Å². The Bertz CT molecular complexity index is 165. The van der Waals surface area contributed by atoms with E-state index >= 15 is 0 Å². The van der Waals surface area contributed by atoms with Crippen LogP contribution in [-0.4, -0.2) is 38.9 Å². The molecule has 0 radical (unpaired) electrons. The van der Waals surface area contributed by atoms with Crippen LogP contribution >= 0.6 is 0 Å². The molecule has 82 valence electrons. The first-order valence-corrected chi connectivity index (χ1v) is 5.88. The lowest BCUT2D eigenvalue weighted by Crippen LogP contribution is -2.48. The van der Waals surface area contributed by atoms with Gasteiger partial charge in [0.15, 0.2) is 0 Å². The molecular formula is C11H22N2O. The van der Waals surface area contributed by atoms with Gasteiger partial charge in [0.25, 0.3) is 0 Å². The lowest BCUT2D eigenvalue weighted by molar-refractivity contribution is 0.0646. The van der Waals surface area contributed by atoms with E-state index in [-0.39, 0.29) is 0 Å². The van der Waals surface area contributed by atoms with Crippen molar-refractivity contribution in [1.29, 1.82) is 0 Å². The fraction of sp³-hybridized carbons (Fsp3) is 1.00. The number of morpholine rings is 1. The summed E-state index contributed by atoms with van der Waals surface area (Å²) in [5.74, 6) is 0.920. The molecule has 0 amide bonds. The Balaban J connectivity index is 1.74. The van der Waals surface area contributed by atoms with Crippen molar-refractivity contribution in [2.75, 3.05) is 26.8 Å². The van der Waals surface area contributed by atoms with Gasteiger partial charge in [-0.25, -0.2) is 0 Å². The zero-order valence-electron chi connectivity index (χ0n) is 9.09. The molecule has 1 saturated carbocycles. The number of rotatable bonds is 4. The topological polar surface area (TPSA) is 33.3 Å². The van der Waals surface area contributed by atoms with Crippen molar-refractivity contribution < 1.29 is 4.74 Å². The molecule has 0 aromatic heterocycles. The first-order chi connectivity index (χ1) is 6.90. The first kappa shape index (κ1) is 10.4. The van der Waals surface area contributed by atoms with Crippen LogP contribution in [0.1, 0.15) is 25.7 Å². The number of ether oxygens (including phenoxy) is 1. The van der Waals surface area contributed by atoms with Crippen molar-refractivity contribution in [2.45, 2.75) is 37.8 Å². The Morgan fingerprint density at radius 2 is 2.36 bits per heavy atom. The Kier molecular flexibility index (Phi) is 3.79. The monoisotopic (exact) mass is 198 g/mol. The Morgan fingerprint density at radius 1 is 1.50 bits per heavy atom. The molecule has 14 heavy (non-hydrogen) atoms. The van der Waals surface area contributed by atoms with Crippen LogP contribution in [0.3, 0.4) is 0 Å². The minimum atomic E-state index is 0.571. The van der Waals surface area contributed by atoms with Gasteiger partial charge in [-0.1, -0.05) is 6.42 Å². The van der Waals surface area contributed by atoms with Crippen molar-refractivity contribution >= 4 is 0 Å². The minimum absolute atomic E-state index is 0.571. The molecule has 0 bridgehead atoms. The van der Waals surface area contributed by atoms with Gasteiger partial charge in [0.05, 0.1) is 13.2 Å². The summed E-state index contributed by atoms with van der Waals surface area (Å²) in [6, 6.07) is 1.27. The van der Waals surface area contributed by atoms with Crippen LogP contribution in [-0.2, 0) is 4.74 Å². The molecule has 1 heterocycles. The van der Waals surface area contributed by atoms with E-state index in [1.165, 1.54) is 25.7 Å². The molecule has 2 unspecified atom stereocenters. The zero-order valence-corrected chi connectivity index (χ0v) is 9.09. The lowest BCUT2D eigenvalue weighted by atomic mass is 9.77. The third kappa shape index (κ3) is 2.47. The van der Waals surface area contributed by atoms with Crippen molar-refractivity contribution in [1.82, 2.24) is 10.6 Å². The highest BCUT2D eigenvalue weighted by atomic mass is 16.5. The summed E-state index contributed by atoms with van der Waals surface area (Å²) in [5.41, 5.74) is 0. The summed E-state index contributed by atoms with van der Waals surface area (Å²) >= 11 is 0. The molecule has 2 fully saturated rings. The molecule has 2 atom stereocenters. The van der Waals surface area contributed by atoms with Crippen LogP contribution in [0, 0.1) is 5.92 Å². The minimum Gasteiger partial charge on any atom is -0.379 e. The molecule has 2 rings (SSSR count). The summed E-state index contributed by atoms with van der Waals surface area (Å²) in [6.45, 7) is 2.79. The molecule has 1 aliphatic carbocycles. The normalized spacial score (nSPS) is 31.1. The predicted octanol–water partition coefficient (Wildman–Crippen LogP) is 0.753. The molecule has 3 heteroatoms. The third-order valence-corrected chi connectivity index (χ3v) is 3.63. The van der Waals surface area contributed by atoms with Crippen molar-refractivity contribution in [2.24, 2.45) is 5.92 Å². The van der Waals surface area contributed by atoms with Crippen LogP contribution in [0.4, 0.5) is 0 Å². The maximum Gasteiger partial charge on any atom is 0.0620 e. The highest BCUT2D eigenvalue weighted by Crippen LogP contribution is 2.31. The smallest absolute Gasteiger partial charge is 0.0620 e. The Labute approximate surface area is 86.6 Å². The summed E-state index contributed by atoms with van der Waals surface area (Å²) in [4.78, 5) is 0. The maximum atomic E-state index is 5.47. The summed E-state index contributed by atoms with van der Waals surface area (Å²) < 4.78 is 5.47. The fourth-order valence-corrected chi connectivity index (χ4v) is 2.47. The quantitative estimate of drug-likeness (QED) is 0.699. The van der Waals surface area contributed by atoms with Gasteiger partial charge in [-0.15, -0.1) is 0 Å². The van der Waals surface area contributed by atoms with Gasteiger partial charge in [-0.05, 0) is 32.2 Å². The summed E-state index contributed by atoms with van der Waals surface area (Å²) in [5, 5.41) is 6.98. The summed E-state index contributed by atoms with van der Waals surface area (Å²) in [7, 11) is 2.09. The Hall–Kier alpha value is -0.120. The highest BCUT2D eigenvalue weighted by Gasteiger charge is 2.28. The van der Waals surface area contributed by atoms with Gasteiger partial charge in [0.2, 0.25) is 0 Å². The zero-order chi connectivity index (χ0) is 9.80. The van der Waals surface area contributed by atoms with Crippen molar-refractivity contribution in [3.63, 3.8) is 0 Å². The second-order valence-corrected chi connectivity index (χ2v) is 4.55. The van der Waals surface area contributed by atoms with Gasteiger partial charge in [-0.3, -0.25) is 0 Å². The first-order valence-electron chi connectivity index (χ1n) is 5.88. The van der Waals surface area contributed by atoms with Gasteiger partial charge in [0.1, 0.15) is 0 Å². The molecule has 3 nitrogen and oxygen atoms in total. The molecule has 0 aromatic carbocycles. The van der Waals surface area contributed by atoms with Gasteiger partial charge in [0, 0.05) is 18.6 Å². The molecule has 2 aliphatic rings. The van der Waals surface area contributed by atoms with Crippen LogP contribution in [0.15, 0.2) is 0 Å². The predicted molar refractivity (Wildman–Crippen MR) is 57.4 cm³/mol. The van der Waals surface area contributed by atoms with E-state index in [9.17, 15) is 0 Å². The molecule has 0 aromatic rings. The van der Waals surface area contributed by atoms with Crippen LogP contribution in [0.2, 0.25) is 0 Å². The maximum absolute atomic E-state index is 5.47. The number of nitrogens with one attached hydrogen (secondary N) is 2. The third-order valence-electron chi connectivity index (χ3n) is 3.63. The van der Waals surface area contributed by atoms with E-state index in [1.807, 2.05) is 0 Å². The molecule has 1 saturated heterocycles. The van der Waals surface area contributed by atoms with Crippen molar-refractivity contribution in [3.05, 3.63) is 0 Å². The Morgan fingerprint density at radius 3 is 2.86 bits per heavy atom. The molecule has 1 aliphatic heterocycles. The second kappa shape index (κ2) is 5.10. The SMILES string of the molecule is CNC(CC1COCCN1)C1CCC1. The van der Waals surface area contributed by atoms with Crippen LogP contribution < -0.4 is 10.6 Å². The van der Waals surface area contributed by atoms with E-state index in [0.717, 1.165) is 25.7 Å². The van der Waals surface area contributed by atoms with E-state index in [0.29, 0.717) is 12.1 Å². The van der Waals surface area contributed by atoms with Gasteiger partial charge < -0.3 is 15.4 Å². The lowest BCUT2D eigenvalue weighted by Gasteiger charge is -2.36. The van der Waals surface area contributed by atoms with E-state index < -0.39 is 0 Å². The van der Waals surface area contributed by atoms with Crippen molar-refractivity contribution in [3.8, 4) is 0 Å². The number of hydrogen-bond donors (Lipinski definition) is 2. The molecule has 2 N–H and O–H groups in total. The molecule has 0 spiro atoms. The fourth-order valence-electron chi connectivity index (χ4n) is 2.47. The van der Waals surface area contributed by atoms with Gasteiger partial charge in [-0.2, -0.15) is 0 Å². The standard InChI is InChI=1S/C11H22N2O/c1-12-11(9-3-2-4-9)7-10-8-14-6-5-13-10/h9-13H,2-8H2,1H3. The number of hydrogen-bond acceptors (Lipinski definition) is 3. The van der Waals surface area contributed by atoms with E-state index in [2.05, 4.69) is 17.7 Å². The average molecular weight is 198 g/mol. The van der Waals surface area contributed by atoms with Gasteiger partial charge >= 0.3 is 0 Å². The van der Waals surface area contributed by atoms with E-state index in [4.69, 9.17) is 4.74 Å². The highest BCUT2D eigenvalue weighted by molar-refractivity contribution is 4.86. The second-order valence-electron chi connectivity index (χ2n) is 4.55. The van der Waals surface area contributed by atoms with E-state index in [1.54, 1.807) is 0 Å².